The average Bonchev–Trinajstić information content (AvgIpc) is 2.90. The Labute approximate surface area is 122 Å². The van der Waals surface area contributed by atoms with Crippen LogP contribution in [-0.2, 0) is 11.2 Å². The second kappa shape index (κ2) is 7.44. The van der Waals surface area contributed by atoms with Crippen molar-refractivity contribution in [2.75, 3.05) is 20.1 Å². The molecule has 0 spiro atoms. The van der Waals surface area contributed by atoms with Gasteiger partial charge >= 0.3 is 0 Å². The summed E-state index contributed by atoms with van der Waals surface area (Å²) in [7, 11) is 1.93. The Morgan fingerprint density at radius 1 is 1.35 bits per heavy atom. The maximum atomic E-state index is 12.3. The molecule has 20 heavy (non-hydrogen) atoms. The highest BCUT2D eigenvalue weighted by Gasteiger charge is 2.28. The Hall–Kier alpha value is -1.35. The minimum absolute atomic E-state index is 0.329. The van der Waals surface area contributed by atoms with Gasteiger partial charge in [0.25, 0.3) is 0 Å². The second-order valence-electron chi connectivity index (χ2n) is 5.78. The molecule has 1 atom stereocenters. The van der Waals surface area contributed by atoms with E-state index in [-0.39, 0.29) is 0 Å². The Balaban J connectivity index is 1.89. The van der Waals surface area contributed by atoms with E-state index in [9.17, 15) is 4.79 Å². The molecule has 110 valence electrons. The summed E-state index contributed by atoms with van der Waals surface area (Å²) < 4.78 is 0. The molecule has 3 nitrogen and oxygen atoms in total. The smallest absolute Gasteiger partial charge is 0.222 e. The van der Waals surface area contributed by atoms with E-state index in [0.717, 1.165) is 38.8 Å². The van der Waals surface area contributed by atoms with Crippen LogP contribution in [0.5, 0.6) is 0 Å². The number of benzene rings is 1. The van der Waals surface area contributed by atoms with Gasteiger partial charge < -0.3 is 10.2 Å². The molecule has 1 fully saturated rings. The summed E-state index contributed by atoms with van der Waals surface area (Å²) in [6.45, 7) is 3.97. The Morgan fingerprint density at radius 3 is 2.80 bits per heavy atom. The summed E-state index contributed by atoms with van der Waals surface area (Å²) in [6, 6.07) is 9.10. The zero-order chi connectivity index (χ0) is 14.4. The molecule has 0 aliphatic carbocycles. The maximum absolute atomic E-state index is 12.3. The monoisotopic (exact) mass is 274 g/mol. The Bertz CT molecular complexity index is 427. The topological polar surface area (TPSA) is 32.3 Å². The predicted octanol–water partition coefficient (Wildman–Crippen LogP) is 2.53. The number of amides is 1. The van der Waals surface area contributed by atoms with Crippen LogP contribution in [0.1, 0.15) is 36.8 Å². The number of nitrogens with zero attached hydrogens (tertiary/aromatic N) is 1. The Morgan fingerprint density at radius 2 is 2.10 bits per heavy atom. The molecule has 2 rings (SSSR count). The fourth-order valence-corrected chi connectivity index (χ4v) is 2.93. The lowest BCUT2D eigenvalue weighted by molar-refractivity contribution is -0.132. The maximum Gasteiger partial charge on any atom is 0.222 e. The van der Waals surface area contributed by atoms with Crippen molar-refractivity contribution in [2.45, 2.75) is 45.1 Å². The van der Waals surface area contributed by atoms with Gasteiger partial charge in [0.2, 0.25) is 5.91 Å². The average molecular weight is 274 g/mol. The highest BCUT2D eigenvalue weighted by Crippen LogP contribution is 2.22. The van der Waals surface area contributed by atoms with Gasteiger partial charge in [-0.25, -0.2) is 0 Å². The summed E-state index contributed by atoms with van der Waals surface area (Å²) in [6.07, 6.45) is 4.90. The number of hydrogen-bond donors (Lipinski definition) is 1. The molecule has 0 bridgehead atoms. The van der Waals surface area contributed by atoms with Crippen LogP contribution in [-0.4, -0.2) is 37.0 Å². The number of likely N-dealkylation sites (tertiary alicyclic amines) is 1. The molecule has 1 aliphatic rings. The number of carbonyl (C=O) groups excluding carboxylic acids is 1. The van der Waals surface area contributed by atoms with Crippen LogP contribution in [0.25, 0.3) is 0 Å². The quantitative estimate of drug-likeness (QED) is 0.809. The van der Waals surface area contributed by atoms with E-state index in [1.807, 2.05) is 7.05 Å². The molecule has 1 saturated heterocycles. The molecule has 1 N–H and O–H groups in total. The second-order valence-corrected chi connectivity index (χ2v) is 5.78. The van der Waals surface area contributed by atoms with Crippen LogP contribution in [0, 0.1) is 6.92 Å². The van der Waals surface area contributed by atoms with Crippen LogP contribution in [0.15, 0.2) is 24.3 Å². The van der Waals surface area contributed by atoms with Crippen molar-refractivity contribution < 1.29 is 4.79 Å². The lowest BCUT2D eigenvalue weighted by Gasteiger charge is -2.25. The van der Waals surface area contributed by atoms with E-state index in [2.05, 4.69) is 41.4 Å². The van der Waals surface area contributed by atoms with Crippen LogP contribution in [0.3, 0.4) is 0 Å². The van der Waals surface area contributed by atoms with E-state index in [0.29, 0.717) is 18.4 Å². The third kappa shape index (κ3) is 4.07. The molecule has 0 saturated carbocycles. The highest BCUT2D eigenvalue weighted by atomic mass is 16.2. The summed E-state index contributed by atoms with van der Waals surface area (Å²) in [5, 5.41) is 3.10. The van der Waals surface area contributed by atoms with Gasteiger partial charge in [-0.3, -0.25) is 4.79 Å². The van der Waals surface area contributed by atoms with Gasteiger partial charge in [0.05, 0.1) is 0 Å². The summed E-state index contributed by atoms with van der Waals surface area (Å²) in [4.78, 5) is 14.4. The van der Waals surface area contributed by atoms with Gasteiger partial charge in [-0.2, -0.15) is 0 Å². The molecular weight excluding hydrogens is 248 g/mol. The summed E-state index contributed by atoms with van der Waals surface area (Å²) in [5.41, 5.74) is 2.63. The predicted molar refractivity (Wildman–Crippen MR) is 82.8 cm³/mol. The first-order valence-corrected chi connectivity index (χ1v) is 7.70. The van der Waals surface area contributed by atoms with Gasteiger partial charge in [0.1, 0.15) is 0 Å². The van der Waals surface area contributed by atoms with Gasteiger partial charge in [0, 0.05) is 19.0 Å². The number of hydrogen-bond acceptors (Lipinski definition) is 2. The minimum atomic E-state index is 0.329. The van der Waals surface area contributed by atoms with Crippen molar-refractivity contribution in [3.63, 3.8) is 0 Å². The molecular formula is C17H26N2O. The van der Waals surface area contributed by atoms with E-state index < -0.39 is 0 Å². The zero-order valence-corrected chi connectivity index (χ0v) is 12.7. The standard InChI is InChI=1S/C17H26N2O/c1-14-7-9-15(10-8-14)13-16-5-4-12-19(16)17(20)6-3-11-18-2/h7-10,16,18H,3-6,11-13H2,1-2H3. The molecule has 1 aliphatic heterocycles. The van der Waals surface area contributed by atoms with Crippen LogP contribution >= 0.6 is 0 Å². The van der Waals surface area contributed by atoms with E-state index >= 15 is 0 Å². The van der Waals surface area contributed by atoms with Gasteiger partial charge in [-0.1, -0.05) is 29.8 Å². The highest BCUT2D eigenvalue weighted by molar-refractivity contribution is 5.76. The van der Waals surface area contributed by atoms with Crippen molar-refractivity contribution in [3.8, 4) is 0 Å². The number of aryl methyl sites for hydroxylation is 1. The van der Waals surface area contributed by atoms with Crippen molar-refractivity contribution in [1.82, 2.24) is 10.2 Å². The SMILES string of the molecule is CNCCCC(=O)N1CCCC1Cc1ccc(C)cc1. The fourth-order valence-electron chi connectivity index (χ4n) is 2.93. The van der Waals surface area contributed by atoms with Crippen LogP contribution < -0.4 is 5.32 Å². The molecule has 1 aromatic carbocycles. The molecule has 1 aromatic rings. The lowest BCUT2D eigenvalue weighted by Crippen LogP contribution is -2.37. The number of nitrogens with one attached hydrogen (secondary N) is 1. The molecule has 1 heterocycles. The first-order chi connectivity index (χ1) is 9.70. The van der Waals surface area contributed by atoms with Crippen molar-refractivity contribution in [1.29, 1.82) is 0 Å². The van der Waals surface area contributed by atoms with Crippen molar-refractivity contribution in [2.24, 2.45) is 0 Å². The largest absolute Gasteiger partial charge is 0.339 e. The third-order valence-corrected chi connectivity index (χ3v) is 4.11. The zero-order valence-electron chi connectivity index (χ0n) is 12.7. The molecule has 0 aromatic heterocycles. The van der Waals surface area contributed by atoms with Crippen LogP contribution in [0.4, 0.5) is 0 Å². The van der Waals surface area contributed by atoms with E-state index in [4.69, 9.17) is 0 Å². The molecule has 3 heteroatoms. The number of carbonyl (C=O) groups is 1. The lowest BCUT2D eigenvalue weighted by atomic mass is 10.0. The first kappa shape index (κ1) is 15.0. The fraction of sp³-hybridized carbons (Fsp3) is 0.588. The normalized spacial score (nSPS) is 18.5. The van der Waals surface area contributed by atoms with Gasteiger partial charge in [0.15, 0.2) is 0 Å². The summed E-state index contributed by atoms with van der Waals surface area (Å²) in [5.74, 6) is 0.329. The van der Waals surface area contributed by atoms with E-state index in [1.54, 1.807) is 0 Å². The molecule has 1 amide bonds. The molecule has 1 unspecified atom stereocenters. The minimum Gasteiger partial charge on any atom is -0.339 e. The summed E-state index contributed by atoms with van der Waals surface area (Å²) >= 11 is 0. The van der Waals surface area contributed by atoms with Crippen molar-refractivity contribution in [3.05, 3.63) is 35.4 Å². The Kier molecular flexibility index (Phi) is 5.60. The van der Waals surface area contributed by atoms with E-state index in [1.165, 1.54) is 11.1 Å². The first-order valence-electron chi connectivity index (χ1n) is 7.70. The molecule has 0 radical (unpaired) electrons. The van der Waals surface area contributed by atoms with Gasteiger partial charge in [-0.05, 0) is 51.8 Å². The third-order valence-electron chi connectivity index (χ3n) is 4.11. The van der Waals surface area contributed by atoms with Gasteiger partial charge in [-0.15, -0.1) is 0 Å². The van der Waals surface area contributed by atoms with Crippen molar-refractivity contribution >= 4 is 5.91 Å². The number of rotatable bonds is 6. The van der Waals surface area contributed by atoms with Crippen LogP contribution in [0.2, 0.25) is 0 Å².